The summed E-state index contributed by atoms with van der Waals surface area (Å²) in [6.45, 7) is 0. The predicted octanol–water partition coefficient (Wildman–Crippen LogP) is 0.521. The normalized spacial score (nSPS) is 20.1. The van der Waals surface area contributed by atoms with E-state index in [0.29, 0.717) is 0 Å². The van der Waals surface area contributed by atoms with E-state index in [1.165, 1.54) is 12.8 Å². The Labute approximate surface area is 48.2 Å². The number of hydrazine groups is 1. The Morgan fingerprint density at radius 2 is 2.29 bits per heavy atom. The number of nitrogens with one attached hydrogen (secondary N) is 2. The molecular weight excluding hydrogens is 108 g/mol. The van der Waals surface area contributed by atoms with Gasteiger partial charge in [0, 0.05) is 5.25 Å². The van der Waals surface area contributed by atoms with Gasteiger partial charge in [0.05, 0.1) is 0 Å². The maximum absolute atomic E-state index is 2.98. The quantitative estimate of drug-likeness (QED) is 0.417. The van der Waals surface area contributed by atoms with E-state index in [0.717, 1.165) is 5.25 Å². The lowest BCUT2D eigenvalue weighted by molar-refractivity contribution is 0.816. The fourth-order valence-corrected chi connectivity index (χ4v) is 0.984. The van der Waals surface area contributed by atoms with Gasteiger partial charge in [-0.2, -0.15) is 0 Å². The molecule has 0 heterocycles. The predicted molar refractivity (Wildman–Crippen MR) is 32.8 cm³/mol. The van der Waals surface area contributed by atoms with E-state index in [2.05, 4.69) is 10.3 Å². The summed E-state index contributed by atoms with van der Waals surface area (Å²) in [4.78, 5) is 2.98. The van der Waals surface area contributed by atoms with E-state index in [9.17, 15) is 0 Å². The van der Waals surface area contributed by atoms with Gasteiger partial charge in [-0.25, -0.2) is 4.83 Å². The second kappa shape index (κ2) is 2.55. The van der Waals surface area contributed by atoms with Gasteiger partial charge in [0.1, 0.15) is 0 Å². The molecule has 1 saturated carbocycles. The van der Waals surface area contributed by atoms with Crippen molar-refractivity contribution in [1.82, 2.24) is 10.3 Å². The summed E-state index contributed by atoms with van der Waals surface area (Å²) < 4.78 is 0. The Hall–Kier alpha value is 0.270. The van der Waals surface area contributed by atoms with E-state index in [4.69, 9.17) is 0 Å². The number of hydrogen-bond donors (Lipinski definition) is 2. The molecule has 0 aromatic carbocycles. The van der Waals surface area contributed by atoms with E-state index in [1.54, 1.807) is 11.9 Å². The third-order valence-electron chi connectivity index (χ3n) is 0.852. The largest absolute Gasteiger partial charge is 0.251 e. The van der Waals surface area contributed by atoms with Crippen LogP contribution in [0.15, 0.2) is 0 Å². The van der Waals surface area contributed by atoms with Crippen LogP contribution in [0, 0.1) is 0 Å². The van der Waals surface area contributed by atoms with Gasteiger partial charge in [0.15, 0.2) is 0 Å². The lowest BCUT2D eigenvalue weighted by Crippen LogP contribution is -2.20. The van der Waals surface area contributed by atoms with Crippen LogP contribution < -0.4 is 10.3 Å². The van der Waals surface area contributed by atoms with Gasteiger partial charge in [-0.3, -0.25) is 5.43 Å². The van der Waals surface area contributed by atoms with Crippen molar-refractivity contribution in [3.63, 3.8) is 0 Å². The SMILES string of the molecule is CNNSC1CC1. The van der Waals surface area contributed by atoms with Crippen molar-refractivity contribution in [1.29, 1.82) is 0 Å². The minimum atomic E-state index is 0.896. The summed E-state index contributed by atoms with van der Waals surface area (Å²) in [6, 6.07) is 0. The minimum absolute atomic E-state index is 0.896. The Morgan fingerprint density at radius 1 is 1.57 bits per heavy atom. The molecular formula is C4H10N2S. The van der Waals surface area contributed by atoms with Crippen molar-refractivity contribution in [2.75, 3.05) is 7.05 Å². The van der Waals surface area contributed by atoms with Gasteiger partial charge >= 0.3 is 0 Å². The first-order chi connectivity index (χ1) is 3.43. The Kier molecular flexibility index (Phi) is 1.97. The van der Waals surface area contributed by atoms with E-state index >= 15 is 0 Å². The van der Waals surface area contributed by atoms with Crippen molar-refractivity contribution in [3.8, 4) is 0 Å². The van der Waals surface area contributed by atoms with Crippen LogP contribution in [0.2, 0.25) is 0 Å². The molecule has 3 heteroatoms. The molecule has 0 atom stereocenters. The van der Waals surface area contributed by atoms with Crippen LogP contribution in [0.5, 0.6) is 0 Å². The standard InChI is InChI=1S/C4H10N2S/c1-5-6-7-4-2-3-4/h4-6H,2-3H2,1H3. The third-order valence-corrected chi connectivity index (χ3v) is 1.98. The van der Waals surface area contributed by atoms with Crippen molar-refractivity contribution in [3.05, 3.63) is 0 Å². The highest BCUT2D eigenvalue weighted by molar-refractivity contribution is 7.98. The molecule has 7 heavy (non-hydrogen) atoms. The third kappa shape index (κ3) is 2.16. The summed E-state index contributed by atoms with van der Waals surface area (Å²) in [6.07, 6.45) is 2.78. The molecule has 0 unspecified atom stereocenters. The van der Waals surface area contributed by atoms with Gasteiger partial charge in [0.2, 0.25) is 0 Å². The molecule has 2 N–H and O–H groups in total. The molecule has 0 aliphatic heterocycles. The van der Waals surface area contributed by atoms with E-state index in [1.807, 2.05) is 7.05 Å². The first-order valence-corrected chi connectivity index (χ1v) is 3.39. The summed E-state index contributed by atoms with van der Waals surface area (Å²) in [5.41, 5.74) is 2.85. The number of rotatable bonds is 3. The monoisotopic (exact) mass is 118 g/mol. The molecule has 0 amide bonds. The molecule has 0 aromatic heterocycles. The van der Waals surface area contributed by atoms with Crippen molar-refractivity contribution < 1.29 is 0 Å². The zero-order chi connectivity index (χ0) is 5.11. The summed E-state index contributed by atoms with van der Waals surface area (Å²) in [7, 11) is 1.88. The second-order valence-corrected chi connectivity index (χ2v) is 2.78. The molecule has 42 valence electrons. The van der Waals surface area contributed by atoms with Gasteiger partial charge in [0.25, 0.3) is 0 Å². The molecule has 1 aliphatic rings. The summed E-state index contributed by atoms with van der Waals surface area (Å²) in [5.74, 6) is 0. The highest BCUT2D eigenvalue weighted by Gasteiger charge is 2.21. The second-order valence-electron chi connectivity index (χ2n) is 1.67. The molecule has 0 spiro atoms. The molecule has 0 saturated heterocycles. The molecule has 0 bridgehead atoms. The highest BCUT2D eigenvalue weighted by Crippen LogP contribution is 2.31. The molecule has 1 fully saturated rings. The minimum Gasteiger partial charge on any atom is -0.251 e. The van der Waals surface area contributed by atoms with E-state index in [-0.39, 0.29) is 0 Å². The Bertz CT molecular complexity index is 53.7. The number of hydrogen-bond acceptors (Lipinski definition) is 3. The van der Waals surface area contributed by atoms with Crippen molar-refractivity contribution >= 4 is 11.9 Å². The van der Waals surface area contributed by atoms with Crippen LogP contribution in [-0.2, 0) is 0 Å². The average Bonchev–Trinajstić information content (AvgIpc) is 2.42. The zero-order valence-electron chi connectivity index (χ0n) is 4.40. The van der Waals surface area contributed by atoms with E-state index < -0.39 is 0 Å². The topological polar surface area (TPSA) is 24.1 Å². The fourth-order valence-electron chi connectivity index (χ4n) is 0.328. The van der Waals surface area contributed by atoms with Crippen molar-refractivity contribution in [2.45, 2.75) is 18.1 Å². The summed E-state index contributed by atoms with van der Waals surface area (Å²) in [5, 5.41) is 0.896. The maximum atomic E-state index is 2.98. The van der Waals surface area contributed by atoms with Gasteiger partial charge in [-0.05, 0) is 19.9 Å². The molecule has 2 nitrogen and oxygen atoms in total. The summed E-state index contributed by atoms with van der Waals surface area (Å²) >= 11 is 1.78. The Morgan fingerprint density at radius 3 is 2.71 bits per heavy atom. The van der Waals surface area contributed by atoms with Gasteiger partial charge in [-0.1, -0.05) is 11.9 Å². The van der Waals surface area contributed by atoms with Crippen LogP contribution in [-0.4, -0.2) is 12.3 Å². The molecule has 1 rings (SSSR count). The molecule has 0 radical (unpaired) electrons. The lowest BCUT2D eigenvalue weighted by atomic mass is 11.0. The van der Waals surface area contributed by atoms with Crippen LogP contribution >= 0.6 is 11.9 Å². The van der Waals surface area contributed by atoms with Crippen LogP contribution in [0.4, 0.5) is 0 Å². The average molecular weight is 118 g/mol. The molecule has 0 aromatic rings. The highest BCUT2D eigenvalue weighted by atomic mass is 32.2. The van der Waals surface area contributed by atoms with Crippen LogP contribution in [0.3, 0.4) is 0 Å². The van der Waals surface area contributed by atoms with Crippen molar-refractivity contribution in [2.24, 2.45) is 0 Å². The smallest absolute Gasteiger partial charge is 0.0206 e. The fraction of sp³-hybridized carbons (Fsp3) is 1.00. The first kappa shape index (κ1) is 5.41. The first-order valence-electron chi connectivity index (χ1n) is 2.51. The van der Waals surface area contributed by atoms with Gasteiger partial charge in [-0.15, -0.1) is 0 Å². The van der Waals surface area contributed by atoms with Crippen LogP contribution in [0.25, 0.3) is 0 Å². The molecule has 1 aliphatic carbocycles. The van der Waals surface area contributed by atoms with Gasteiger partial charge < -0.3 is 0 Å². The van der Waals surface area contributed by atoms with Crippen LogP contribution in [0.1, 0.15) is 12.8 Å². The zero-order valence-corrected chi connectivity index (χ0v) is 5.22. The lowest BCUT2D eigenvalue weighted by Gasteiger charge is -1.95. The maximum Gasteiger partial charge on any atom is 0.0206 e. The Balaban J connectivity index is 1.80.